The zero-order chi connectivity index (χ0) is 9.68. The molecule has 1 heterocycles. The molecule has 0 aromatic carbocycles. The summed E-state index contributed by atoms with van der Waals surface area (Å²) in [5.74, 6) is 0. The molecule has 2 N–H and O–H groups in total. The SMILES string of the molecule is NC(COC=O)c1ncncc1Cl. The number of nitrogens with two attached hydrogens (primary N) is 1. The first-order chi connectivity index (χ1) is 6.25. The smallest absolute Gasteiger partial charge is 0.293 e. The lowest BCUT2D eigenvalue weighted by Gasteiger charge is -2.09. The first-order valence-electron chi connectivity index (χ1n) is 3.52. The summed E-state index contributed by atoms with van der Waals surface area (Å²) >= 11 is 5.75. The van der Waals surface area contributed by atoms with Gasteiger partial charge in [-0.25, -0.2) is 9.97 Å². The molecule has 1 unspecified atom stereocenters. The van der Waals surface area contributed by atoms with Crippen LogP contribution in [0.2, 0.25) is 5.02 Å². The van der Waals surface area contributed by atoms with Gasteiger partial charge in [-0.2, -0.15) is 0 Å². The number of hydrogen-bond donors (Lipinski definition) is 1. The Morgan fingerprint density at radius 1 is 1.77 bits per heavy atom. The van der Waals surface area contributed by atoms with E-state index < -0.39 is 6.04 Å². The maximum absolute atomic E-state index is 9.88. The number of hydrogen-bond acceptors (Lipinski definition) is 5. The third kappa shape index (κ3) is 2.64. The Kier molecular flexibility index (Phi) is 3.60. The average molecular weight is 202 g/mol. The number of rotatable bonds is 4. The molecule has 0 aliphatic heterocycles. The van der Waals surface area contributed by atoms with Crippen molar-refractivity contribution in [2.45, 2.75) is 6.04 Å². The van der Waals surface area contributed by atoms with E-state index in [9.17, 15) is 4.79 Å². The van der Waals surface area contributed by atoms with E-state index >= 15 is 0 Å². The van der Waals surface area contributed by atoms with Crippen LogP contribution in [0.5, 0.6) is 0 Å². The highest BCUT2D eigenvalue weighted by atomic mass is 35.5. The first-order valence-corrected chi connectivity index (χ1v) is 3.89. The van der Waals surface area contributed by atoms with E-state index in [4.69, 9.17) is 17.3 Å². The second kappa shape index (κ2) is 4.74. The number of carbonyl (C=O) groups is 1. The van der Waals surface area contributed by atoms with Crippen molar-refractivity contribution in [3.63, 3.8) is 0 Å². The third-order valence-electron chi connectivity index (χ3n) is 1.39. The van der Waals surface area contributed by atoms with Gasteiger partial charge in [0.15, 0.2) is 0 Å². The molecular formula is C7H8ClN3O2. The Balaban J connectivity index is 2.70. The van der Waals surface area contributed by atoms with Crippen molar-refractivity contribution in [3.05, 3.63) is 23.2 Å². The summed E-state index contributed by atoms with van der Waals surface area (Å²) in [4.78, 5) is 17.4. The van der Waals surface area contributed by atoms with Crippen LogP contribution in [0.3, 0.4) is 0 Å². The topological polar surface area (TPSA) is 78.1 Å². The van der Waals surface area contributed by atoms with Crippen LogP contribution in [0.4, 0.5) is 0 Å². The summed E-state index contributed by atoms with van der Waals surface area (Å²) in [7, 11) is 0. The second-order valence-electron chi connectivity index (χ2n) is 2.29. The van der Waals surface area contributed by atoms with Crippen molar-refractivity contribution in [1.82, 2.24) is 9.97 Å². The fourth-order valence-corrected chi connectivity index (χ4v) is 1.06. The van der Waals surface area contributed by atoms with Crippen molar-refractivity contribution in [2.24, 2.45) is 5.73 Å². The predicted molar refractivity (Wildman–Crippen MR) is 46.0 cm³/mol. The van der Waals surface area contributed by atoms with Crippen LogP contribution in [0.1, 0.15) is 11.7 Å². The van der Waals surface area contributed by atoms with Crippen molar-refractivity contribution >= 4 is 18.1 Å². The lowest BCUT2D eigenvalue weighted by Crippen LogP contribution is -2.18. The number of ether oxygens (including phenoxy) is 1. The van der Waals surface area contributed by atoms with Crippen LogP contribution >= 0.6 is 11.6 Å². The number of halogens is 1. The van der Waals surface area contributed by atoms with Gasteiger partial charge in [0, 0.05) is 6.20 Å². The zero-order valence-corrected chi connectivity index (χ0v) is 7.44. The number of carbonyl (C=O) groups excluding carboxylic acids is 1. The quantitative estimate of drug-likeness (QED) is 0.709. The summed E-state index contributed by atoms with van der Waals surface area (Å²) in [5, 5.41) is 0.365. The molecule has 1 aromatic heterocycles. The second-order valence-corrected chi connectivity index (χ2v) is 2.70. The van der Waals surface area contributed by atoms with Gasteiger partial charge in [-0.1, -0.05) is 11.6 Å². The molecule has 70 valence electrons. The lowest BCUT2D eigenvalue weighted by atomic mass is 10.2. The molecule has 1 rings (SSSR count). The van der Waals surface area contributed by atoms with Crippen LogP contribution in [0.25, 0.3) is 0 Å². The number of nitrogens with zero attached hydrogens (tertiary/aromatic N) is 2. The van der Waals surface area contributed by atoms with E-state index in [1.165, 1.54) is 12.5 Å². The maximum Gasteiger partial charge on any atom is 0.293 e. The fourth-order valence-electron chi connectivity index (χ4n) is 0.817. The Morgan fingerprint density at radius 2 is 2.54 bits per heavy atom. The lowest BCUT2D eigenvalue weighted by molar-refractivity contribution is -0.129. The van der Waals surface area contributed by atoms with Gasteiger partial charge in [0.2, 0.25) is 0 Å². The largest absolute Gasteiger partial charge is 0.466 e. The van der Waals surface area contributed by atoms with Gasteiger partial charge in [-0.05, 0) is 0 Å². The molecule has 1 atom stereocenters. The van der Waals surface area contributed by atoms with E-state index in [1.807, 2.05) is 0 Å². The monoisotopic (exact) mass is 201 g/mol. The molecule has 0 radical (unpaired) electrons. The summed E-state index contributed by atoms with van der Waals surface area (Å²) in [6.07, 6.45) is 2.77. The van der Waals surface area contributed by atoms with E-state index in [2.05, 4.69) is 14.7 Å². The highest BCUT2D eigenvalue weighted by molar-refractivity contribution is 6.31. The minimum Gasteiger partial charge on any atom is -0.466 e. The molecule has 0 aliphatic rings. The minimum atomic E-state index is -0.513. The molecular weight excluding hydrogens is 194 g/mol. The van der Waals surface area contributed by atoms with Crippen LogP contribution in [0.15, 0.2) is 12.5 Å². The molecule has 0 fully saturated rings. The minimum absolute atomic E-state index is 0.0558. The normalized spacial score (nSPS) is 12.2. The van der Waals surface area contributed by atoms with E-state index in [-0.39, 0.29) is 6.61 Å². The van der Waals surface area contributed by atoms with E-state index in [0.717, 1.165) is 0 Å². The zero-order valence-electron chi connectivity index (χ0n) is 6.68. The first kappa shape index (κ1) is 9.88. The van der Waals surface area contributed by atoms with E-state index in [0.29, 0.717) is 17.2 Å². The van der Waals surface area contributed by atoms with Gasteiger partial charge in [0.1, 0.15) is 12.9 Å². The van der Waals surface area contributed by atoms with Crippen molar-refractivity contribution in [1.29, 1.82) is 0 Å². The Morgan fingerprint density at radius 3 is 3.15 bits per heavy atom. The molecule has 0 amide bonds. The van der Waals surface area contributed by atoms with Crippen LogP contribution < -0.4 is 5.73 Å². The fraction of sp³-hybridized carbons (Fsp3) is 0.286. The van der Waals surface area contributed by atoms with Gasteiger partial charge in [0.25, 0.3) is 6.47 Å². The van der Waals surface area contributed by atoms with Gasteiger partial charge in [-0.3, -0.25) is 4.79 Å². The van der Waals surface area contributed by atoms with Crippen molar-refractivity contribution < 1.29 is 9.53 Å². The molecule has 0 spiro atoms. The van der Waals surface area contributed by atoms with Gasteiger partial charge in [-0.15, -0.1) is 0 Å². The molecule has 0 saturated carbocycles. The van der Waals surface area contributed by atoms with E-state index in [1.54, 1.807) is 0 Å². The summed E-state index contributed by atoms with van der Waals surface area (Å²) in [6, 6.07) is -0.513. The molecule has 5 nitrogen and oxygen atoms in total. The Bertz CT molecular complexity index is 295. The maximum atomic E-state index is 9.88. The summed E-state index contributed by atoms with van der Waals surface area (Å²) in [5.41, 5.74) is 6.09. The third-order valence-corrected chi connectivity index (χ3v) is 1.68. The molecule has 1 aromatic rings. The van der Waals surface area contributed by atoms with Crippen LogP contribution in [0, 0.1) is 0 Å². The average Bonchev–Trinajstić information content (AvgIpc) is 2.15. The highest BCUT2D eigenvalue weighted by Crippen LogP contribution is 2.16. The molecule has 0 bridgehead atoms. The van der Waals surface area contributed by atoms with Gasteiger partial charge >= 0.3 is 0 Å². The molecule has 0 aliphatic carbocycles. The standard InChI is InChI=1S/C7H8ClN3O2/c8-5-1-10-3-11-7(5)6(9)2-13-4-12/h1,3-4,6H,2,9H2. The summed E-state index contributed by atoms with van der Waals surface area (Å²) < 4.78 is 4.48. The predicted octanol–water partition coefficient (Wildman–Crippen LogP) is 0.303. The van der Waals surface area contributed by atoms with Crippen molar-refractivity contribution in [3.8, 4) is 0 Å². The Labute approximate surface area is 79.9 Å². The Hall–Kier alpha value is -1.20. The van der Waals surface area contributed by atoms with Gasteiger partial charge < -0.3 is 10.5 Å². The van der Waals surface area contributed by atoms with Gasteiger partial charge in [0.05, 0.1) is 16.8 Å². The molecule has 0 saturated heterocycles. The van der Waals surface area contributed by atoms with Crippen molar-refractivity contribution in [2.75, 3.05) is 6.61 Å². The van der Waals surface area contributed by atoms with Crippen LogP contribution in [-0.4, -0.2) is 23.0 Å². The number of aromatic nitrogens is 2. The molecule has 13 heavy (non-hydrogen) atoms. The molecule has 6 heteroatoms. The summed E-state index contributed by atoms with van der Waals surface area (Å²) in [6.45, 7) is 0.384. The highest BCUT2D eigenvalue weighted by Gasteiger charge is 2.11. The van der Waals surface area contributed by atoms with Crippen LogP contribution in [-0.2, 0) is 9.53 Å².